The van der Waals surface area contributed by atoms with E-state index in [1.165, 1.54) is 6.07 Å². The van der Waals surface area contributed by atoms with E-state index in [1.54, 1.807) is 12.1 Å². The molecule has 0 bridgehead atoms. The van der Waals surface area contributed by atoms with Crippen LogP contribution in [0.4, 0.5) is 4.39 Å². The number of carbonyl (C=O) groups is 1. The molecular formula is C12H13BrFNO. The smallest absolute Gasteiger partial charge is 0.137 e. The predicted molar refractivity (Wildman–Crippen MR) is 63.6 cm³/mol. The minimum Gasteiger partial charge on any atom is -0.300 e. The third-order valence-corrected chi connectivity index (χ3v) is 3.41. The molecule has 1 aliphatic heterocycles. The van der Waals surface area contributed by atoms with Crippen LogP contribution in [-0.2, 0) is 11.3 Å². The Morgan fingerprint density at radius 1 is 1.31 bits per heavy atom. The number of halogens is 2. The van der Waals surface area contributed by atoms with Gasteiger partial charge in [-0.3, -0.25) is 9.69 Å². The van der Waals surface area contributed by atoms with Gasteiger partial charge in [-0.15, -0.1) is 0 Å². The van der Waals surface area contributed by atoms with Gasteiger partial charge in [0, 0.05) is 32.5 Å². The third kappa shape index (κ3) is 2.89. The second kappa shape index (κ2) is 5.06. The molecule has 0 N–H and O–H groups in total. The zero-order valence-electron chi connectivity index (χ0n) is 8.88. The molecule has 4 heteroatoms. The van der Waals surface area contributed by atoms with E-state index in [4.69, 9.17) is 0 Å². The maximum Gasteiger partial charge on any atom is 0.137 e. The van der Waals surface area contributed by atoms with E-state index in [2.05, 4.69) is 20.8 Å². The number of carbonyl (C=O) groups excluding carboxylic acids is 1. The molecule has 0 saturated carbocycles. The van der Waals surface area contributed by atoms with Crippen molar-refractivity contribution in [2.75, 3.05) is 13.1 Å². The molecule has 0 radical (unpaired) electrons. The van der Waals surface area contributed by atoms with Crippen LogP contribution in [0.5, 0.6) is 0 Å². The van der Waals surface area contributed by atoms with E-state index in [1.807, 2.05) is 0 Å². The topological polar surface area (TPSA) is 20.3 Å². The van der Waals surface area contributed by atoms with Gasteiger partial charge in [-0.25, -0.2) is 4.39 Å². The maximum absolute atomic E-state index is 13.0. The third-order valence-electron chi connectivity index (χ3n) is 2.80. The molecule has 1 fully saturated rings. The molecule has 2 rings (SSSR count). The van der Waals surface area contributed by atoms with Crippen molar-refractivity contribution in [3.8, 4) is 0 Å². The quantitative estimate of drug-likeness (QED) is 0.833. The number of ketones is 1. The summed E-state index contributed by atoms with van der Waals surface area (Å²) < 4.78 is 13.5. The molecule has 86 valence electrons. The molecule has 1 aliphatic rings. The van der Waals surface area contributed by atoms with Crippen molar-refractivity contribution in [1.29, 1.82) is 0 Å². The summed E-state index contributed by atoms with van der Waals surface area (Å²) in [6.45, 7) is 2.41. The van der Waals surface area contributed by atoms with Gasteiger partial charge in [0.15, 0.2) is 0 Å². The van der Waals surface area contributed by atoms with E-state index in [-0.39, 0.29) is 5.82 Å². The number of hydrogen-bond donors (Lipinski definition) is 0. The molecule has 1 aromatic carbocycles. The Morgan fingerprint density at radius 2 is 2.00 bits per heavy atom. The largest absolute Gasteiger partial charge is 0.300 e. The molecular weight excluding hydrogens is 273 g/mol. The highest BCUT2D eigenvalue weighted by Crippen LogP contribution is 2.19. The fourth-order valence-electron chi connectivity index (χ4n) is 1.86. The lowest BCUT2D eigenvalue weighted by atomic mass is 10.1. The van der Waals surface area contributed by atoms with Crippen LogP contribution < -0.4 is 0 Å². The Balaban J connectivity index is 1.98. The van der Waals surface area contributed by atoms with Gasteiger partial charge in [-0.1, -0.05) is 6.07 Å². The molecule has 0 amide bonds. The summed E-state index contributed by atoms with van der Waals surface area (Å²) in [6, 6.07) is 5.05. The van der Waals surface area contributed by atoms with Crippen LogP contribution in [-0.4, -0.2) is 23.8 Å². The molecule has 0 aromatic heterocycles. The Hall–Kier alpha value is -0.740. The molecule has 0 aliphatic carbocycles. The summed E-state index contributed by atoms with van der Waals surface area (Å²) in [5.41, 5.74) is 1.07. The van der Waals surface area contributed by atoms with Crippen molar-refractivity contribution in [1.82, 2.24) is 4.90 Å². The van der Waals surface area contributed by atoms with Gasteiger partial charge in [0.2, 0.25) is 0 Å². The van der Waals surface area contributed by atoms with Crippen LogP contribution in [0.2, 0.25) is 0 Å². The van der Waals surface area contributed by atoms with Crippen LogP contribution in [0.3, 0.4) is 0 Å². The standard InChI is InChI=1S/C12H13BrFNO/c13-11-7-9(1-2-12(11)14)8-15-5-3-10(16)4-6-15/h1-2,7H,3-6,8H2. The van der Waals surface area contributed by atoms with Gasteiger partial charge in [0.1, 0.15) is 11.6 Å². The van der Waals surface area contributed by atoms with E-state index < -0.39 is 0 Å². The maximum atomic E-state index is 13.0. The van der Waals surface area contributed by atoms with Crippen molar-refractivity contribution >= 4 is 21.7 Å². The van der Waals surface area contributed by atoms with E-state index in [0.29, 0.717) is 23.1 Å². The minimum absolute atomic E-state index is 0.238. The lowest BCUT2D eigenvalue weighted by Gasteiger charge is -2.25. The normalized spacial score (nSPS) is 17.8. The van der Waals surface area contributed by atoms with E-state index in [9.17, 15) is 9.18 Å². The van der Waals surface area contributed by atoms with Crippen LogP contribution in [0.15, 0.2) is 22.7 Å². The first-order valence-electron chi connectivity index (χ1n) is 5.33. The number of piperidine rings is 1. The van der Waals surface area contributed by atoms with Gasteiger partial charge in [0.05, 0.1) is 4.47 Å². The average molecular weight is 286 g/mol. The van der Waals surface area contributed by atoms with Crippen molar-refractivity contribution in [3.63, 3.8) is 0 Å². The number of benzene rings is 1. The summed E-state index contributed by atoms with van der Waals surface area (Å²) in [5.74, 6) is 0.106. The lowest BCUT2D eigenvalue weighted by molar-refractivity contribution is -0.121. The summed E-state index contributed by atoms with van der Waals surface area (Å²) in [5, 5.41) is 0. The van der Waals surface area contributed by atoms with Gasteiger partial charge >= 0.3 is 0 Å². The van der Waals surface area contributed by atoms with Gasteiger partial charge in [-0.05, 0) is 33.6 Å². The van der Waals surface area contributed by atoms with Gasteiger partial charge in [0.25, 0.3) is 0 Å². The van der Waals surface area contributed by atoms with Crippen molar-refractivity contribution in [2.24, 2.45) is 0 Å². The SMILES string of the molecule is O=C1CCN(Cc2ccc(F)c(Br)c2)CC1. The summed E-state index contributed by atoms with van der Waals surface area (Å²) >= 11 is 3.17. The minimum atomic E-state index is -0.238. The Labute approximate surface area is 103 Å². The lowest BCUT2D eigenvalue weighted by Crippen LogP contribution is -2.33. The van der Waals surface area contributed by atoms with Crippen LogP contribution in [0, 0.1) is 5.82 Å². The predicted octanol–water partition coefficient (Wildman–Crippen LogP) is 2.75. The molecule has 1 saturated heterocycles. The average Bonchev–Trinajstić information content (AvgIpc) is 2.27. The van der Waals surface area contributed by atoms with Crippen molar-refractivity contribution < 1.29 is 9.18 Å². The molecule has 0 spiro atoms. The first-order chi connectivity index (χ1) is 7.65. The summed E-state index contributed by atoms with van der Waals surface area (Å²) in [4.78, 5) is 13.3. The van der Waals surface area contributed by atoms with E-state index >= 15 is 0 Å². The highest BCUT2D eigenvalue weighted by molar-refractivity contribution is 9.10. The zero-order valence-corrected chi connectivity index (χ0v) is 10.5. The Bertz CT molecular complexity index is 398. The van der Waals surface area contributed by atoms with Gasteiger partial charge < -0.3 is 0 Å². The second-order valence-electron chi connectivity index (χ2n) is 4.06. The molecule has 16 heavy (non-hydrogen) atoms. The molecule has 1 heterocycles. The zero-order chi connectivity index (χ0) is 11.5. The molecule has 2 nitrogen and oxygen atoms in total. The van der Waals surface area contributed by atoms with Crippen molar-refractivity contribution in [2.45, 2.75) is 19.4 Å². The summed E-state index contributed by atoms with van der Waals surface area (Å²) in [6.07, 6.45) is 1.28. The molecule has 0 unspecified atom stereocenters. The fourth-order valence-corrected chi connectivity index (χ4v) is 2.28. The van der Waals surface area contributed by atoms with Gasteiger partial charge in [-0.2, -0.15) is 0 Å². The van der Waals surface area contributed by atoms with E-state index in [0.717, 1.165) is 25.2 Å². The van der Waals surface area contributed by atoms with Crippen LogP contribution >= 0.6 is 15.9 Å². The second-order valence-corrected chi connectivity index (χ2v) is 4.92. The number of nitrogens with zero attached hydrogens (tertiary/aromatic N) is 1. The highest BCUT2D eigenvalue weighted by Gasteiger charge is 2.16. The first kappa shape index (κ1) is 11.7. The number of likely N-dealkylation sites (tertiary alicyclic amines) is 1. The van der Waals surface area contributed by atoms with Crippen molar-refractivity contribution in [3.05, 3.63) is 34.1 Å². The first-order valence-corrected chi connectivity index (χ1v) is 6.12. The monoisotopic (exact) mass is 285 g/mol. The summed E-state index contributed by atoms with van der Waals surface area (Å²) in [7, 11) is 0. The molecule has 0 atom stereocenters. The number of Topliss-reactive ketones (excluding diaryl/α,β-unsaturated/α-hetero) is 1. The fraction of sp³-hybridized carbons (Fsp3) is 0.417. The Kier molecular flexibility index (Phi) is 3.71. The van der Waals surface area contributed by atoms with Crippen LogP contribution in [0.1, 0.15) is 18.4 Å². The van der Waals surface area contributed by atoms with Crippen LogP contribution in [0.25, 0.3) is 0 Å². The molecule has 1 aromatic rings. The number of hydrogen-bond acceptors (Lipinski definition) is 2. The number of rotatable bonds is 2. The Morgan fingerprint density at radius 3 is 2.62 bits per heavy atom. The highest BCUT2D eigenvalue weighted by atomic mass is 79.9.